The number of carbonyl (C=O) groups excluding carboxylic acids is 2. The molecule has 1 aliphatic heterocycles. The van der Waals surface area contributed by atoms with Gasteiger partial charge in [0.05, 0.1) is 6.54 Å². The average molecular weight is 238 g/mol. The zero-order chi connectivity index (χ0) is 12.4. The summed E-state index contributed by atoms with van der Waals surface area (Å²) in [4.78, 5) is 25.6. The van der Waals surface area contributed by atoms with Crippen molar-refractivity contribution in [2.75, 3.05) is 13.1 Å². The highest BCUT2D eigenvalue weighted by Crippen LogP contribution is 2.33. The van der Waals surface area contributed by atoms with Crippen molar-refractivity contribution in [3.8, 4) is 0 Å². The van der Waals surface area contributed by atoms with Gasteiger partial charge in [0, 0.05) is 6.54 Å². The maximum absolute atomic E-state index is 11.9. The predicted octanol–water partition coefficient (Wildman–Crippen LogP) is 1.16. The third kappa shape index (κ3) is 2.79. The lowest BCUT2D eigenvalue weighted by atomic mass is 9.94. The molecule has 1 N–H and O–H groups in total. The minimum Gasteiger partial charge on any atom is -0.345 e. The Bertz CT molecular complexity index is 313. The molecule has 4 heteroatoms. The molecule has 17 heavy (non-hydrogen) atoms. The van der Waals surface area contributed by atoms with E-state index in [2.05, 4.69) is 12.2 Å². The molecular formula is C13H22N2O2. The van der Waals surface area contributed by atoms with Gasteiger partial charge in [-0.3, -0.25) is 9.59 Å². The lowest BCUT2D eigenvalue weighted by Crippen LogP contribution is -2.60. The molecule has 2 rings (SSSR count). The molecule has 2 amide bonds. The Balaban J connectivity index is 2.03. The molecule has 2 fully saturated rings. The molecule has 2 unspecified atom stereocenters. The van der Waals surface area contributed by atoms with Gasteiger partial charge in [-0.2, -0.15) is 0 Å². The third-order valence-corrected chi connectivity index (χ3v) is 4.00. The fourth-order valence-corrected chi connectivity index (χ4v) is 2.45. The van der Waals surface area contributed by atoms with Crippen molar-refractivity contribution in [3.05, 3.63) is 0 Å². The van der Waals surface area contributed by atoms with Gasteiger partial charge in [0.1, 0.15) is 6.04 Å². The quantitative estimate of drug-likeness (QED) is 0.781. The highest BCUT2D eigenvalue weighted by atomic mass is 16.2. The van der Waals surface area contributed by atoms with Crippen molar-refractivity contribution in [3.63, 3.8) is 0 Å². The van der Waals surface area contributed by atoms with Crippen LogP contribution in [0.3, 0.4) is 0 Å². The second-order valence-electron chi connectivity index (χ2n) is 5.37. The van der Waals surface area contributed by atoms with Crippen LogP contribution < -0.4 is 5.32 Å². The Hall–Kier alpha value is -1.06. The maximum atomic E-state index is 11.9. The number of hydrogen-bond acceptors (Lipinski definition) is 2. The maximum Gasteiger partial charge on any atom is 0.243 e. The van der Waals surface area contributed by atoms with Crippen LogP contribution in [0.4, 0.5) is 0 Å². The molecule has 0 aromatic rings. The first kappa shape index (κ1) is 12.4. The summed E-state index contributed by atoms with van der Waals surface area (Å²) < 4.78 is 0. The van der Waals surface area contributed by atoms with E-state index in [1.165, 1.54) is 12.8 Å². The molecule has 0 aromatic carbocycles. The van der Waals surface area contributed by atoms with E-state index in [1.807, 2.05) is 11.8 Å². The smallest absolute Gasteiger partial charge is 0.243 e. The first-order chi connectivity index (χ1) is 8.13. The van der Waals surface area contributed by atoms with Crippen molar-refractivity contribution in [2.45, 2.75) is 45.6 Å². The van der Waals surface area contributed by atoms with E-state index in [1.54, 1.807) is 0 Å². The van der Waals surface area contributed by atoms with Crippen molar-refractivity contribution >= 4 is 11.8 Å². The van der Waals surface area contributed by atoms with E-state index < -0.39 is 0 Å². The molecule has 1 saturated heterocycles. The molecule has 0 aromatic heterocycles. The second kappa shape index (κ2) is 5.07. The van der Waals surface area contributed by atoms with Crippen molar-refractivity contribution in [1.29, 1.82) is 0 Å². The van der Waals surface area contributed by atoms with Gasteiger partial charge in [0.25, 0.3) is 0 Å². The van der Waals surface area contributed by atoms with Gasteiger partial charge < -0.3 is 10.2 Å². The van der Waals surface area contributed by atoms with Gasteiger partial charge in [-0.15, -0.1) is 0 Å². The number of hydrogen-bond donors (Lipinski definition) is 1. The normalized spacial score (nSPS) is 26.9. The molecule has 96 valence electrons. The van der Waals surface area contributed by atoms with Crippen LogP contribution in [0.25, 0.3) is 0 Å². The van der Waals surface area contributed by atoms with Gasteiger partial charge in [-0.25, -0.2) is 0 Å². The molecular weight excluding hydrogens is 216 g/mol. The van der Waals surface area contributed by atoms with Gasteiger partial charge in [0.2, 0.25) is 11.8 Å². The van der Waals surface area contributed by atoms with Crippen LogP contribution in [0.2, 0.25) is 0 Å². The van der Waals surface area contributed by atoms with Crippen molar-refractivity contribution in [1.82, 2.24) is 10.2 Å². The summed E-state index contributed by atoms with van der Waals surface area (Å²) in [5, 5.41) is 2.70. The Labute approximate surface area is 103 Å². The van der Waals surface area contributed by atoms with E-state index in [0.717, 1.165) is 25.3 Å². The molecule has 2 aliphatic rings. The third-order valence-electron chi connectivity index (χ3n) is 4.00. The Morgan fingerprint density at radius 2 is 2.12 bits per heavy atom. The van der Waals surface area contributed by atoms with Crippen LogP contribution in [-0.4, -0.2) is 35.8 Å². The lowest BCUT2D eigenvalue weighted by molar-refractivity contribution is -0.147. The summed E-state index contributed by atoms with van der Waals surface area (Å²) in [6.45, 7) is 5.05. The fraction of sp³-hybridized carbons (Fsp3) is 0.846. The summed E-state index contributed by atoms with van der Waals surface area (Å²) in [6.07, 6.45) is 4.57. The van der Waals surface area contributed by atoms with Gasteiger partial charge in [0.15, 0.2) is 0 Å². The van der Waals surface area contributed by atoms with Crippen molar-refractivity contribution in [2.24, 2.45) is 11.8 Å². The topological polar surface area (TPSA) is 49.4 Å². The first-order valence-corrected chi connectivity index (χ1v) is 6.70. The van der Waals surface area contributed by atoms with Gasteiger partial charge in [-0.05, 0) is 18.3 Å². The number of carbonyl (C=O) groups is 2. The minimum absolute atomic E-state index is 0.0229. The molecule has 2 atom stereocenters. The van der Waals surface area contributed by atoms with Gasteiger partial charge in [-0.1, -0.05) is 33.1 Å². The second-order valence-corrected chi connectivity index (χ2v) is 5.37. The predicted molar refractivity (Wildman–Crippen MR) is 65.3 cm³/mol. The van der Waals surface area contributed by atoms with Gasteiger partial charge >= 0.3 is 0 Å². The number of amides is 2. The highest BCUT2D eigenvalue weighted by molar-refractivity contribution is 5.95. The minimum atomic E-state index is -0.250. The summed E-state index contributed by atoms with van der Waals surface area (Å²) in [7, 11) is 0. The number of rotatable bonds is 5. The summed E-state index contributed by atoms with van der Waals surface area (Å²) in [5.41, 5.74) is 0. The monoisotopic (exact) mass is 238 g/mol. The van der Waals surface area contributed by atoms with Crippen LogP contribution in [0.5, 0.6) is 0 Å². The van der Waals surface area contributed by atoms with E-state index in [-0.39, 0.29) is 30.3 Å². The van der Waals surface area contributed by atoms with E-state index in [0.29, 0.717) is 0 Å². The Morgan fingerprint density at radius 3 is 2.71 bits per heavy atom. The van der Waals surface area contributed by atoms with E-state index >= 15 is 0 Å². The zero-order valence-electron chi connectivity index (χ0n) is 10.7. The SMILES string of the molecule is CCC(C)C1C(=O)NCC(=O)N1CCC1CC1. The van der Waals surface area contributed by atoms with Crippen molar-refractivity contribution < 1.29 is 9.59 Å². The standard InChI is InChI=1S/C13H22N2O2/c1-3-9(2)12-13(17)14-8-11(16)15(12)7-6-10-4-5-10/h9-10,12H,3-8H2,1-2H3,(H,14,17). The number of piperazine rings is 1. The summed E-state index contributed by atoms with van der Waals surface area (Å²) in [6, 6.07) is -0.250. The average Bonchev–Trinajstić information content (AvgIpc) is 3.13. The van der Waals surface area contributed by atoms with Crippen LogP contribution in [0.15, 0.2) is 0 Å². The molecule has 0 spiro atoms. The Kier molecular flexibility index (Phi) is 3.69. The van der Waals surface area contributed by atoms with Crippen LogP contribution in [-0.2, 0) is 9.59 Å². The van der Waals surface area contributed by atoms with E-state index in [9.17, 15) is 9.59 Å². The molecule has 4 nitrogen and oxygen atoms in total. The molecule has 1 aliphatic carbocycles. The number of nitrogens with one attached hydrogen (secondary N) is 1. The molecule has 0 bridgehead atoms. The zero-order valence-corrected chi connectivity index (χ0v) is 10.7. The van der Waals surface area contributed by atoms with Crippen LogP contribution >= 0.6 is 0 Å². The fourth-order valence-electron chi connectivity index (χ4n) is 2.45. The molecule has 1 heterocycles. The Morgan fingerprint density at radius 1 is 1.41 bits per heavy atom. The molecule has 0 radical (unpaired) electrons. The highest BCUT2D eigenvalue weighted by Gasteiger charge is 2.37. The summed E-state index contributed by atoms with van der Waals surface area (Å²) in [5.74, 6) is 1.13. The van der Waals surface area contributed by atoms with Crippen LogP contribution in [0, 0.1) is 11.8 Å². The van der Waals surface area contributed by atoms with Crippen LogP contribution in [0.1, 0.15) is 39.5 Å². The largest absolute Gasteiger partial charge is 0.345 e. The number of nitrogens with zero attached hydrogens (tertiary/aromatic N) is 1. The van der Waals surface area contributed by atoms with E-state index in [4.69, 9.17) is 0 Å². The first-order valence-electron chi connectivity index (χ1n) is 6.70. The summed E-state index contributed by atoms with van der Waals surface area (Å²) >= 11 is 0. The molecule has 1 saturated carbocycles. The lowest BCUT2D eigenvalue weighted by Gasteiger charge is -2.38.